The largest absolute Gasteiger partial charge is 0.309 e. The normalized spacial score (nSPS) is 22.1. The van der Waals surface area contributed by atoms with E-state index in [1.807, 2.05) is 0 Å². The number of nitrogens with one attached hydrogen (secondary N) is 1. The molecule has 1 heterocycles. The Morgan fingerprint density at radius 3 is 3.00 bits per heavy atom. The van der Waals surface area contributed by atoms with Crippen LogP contribution in [0.15, 0.2) is 0 Å². The fourth-order valence-electron chi connectivity index (χ4n) is 2.00. The van der Waals surface area contributed by atoms with Crippen LogP contribution >= 0.6 is 0 Å². The maximum atomic E-state index is 8.46. The highest BCUT2D eigenvalue weighted by Crippen LogP contribution is 2.09. The van der Waals surface area contributed by atoms with Gasteiger partial charge in [0.05, 0.1) is 12.6 Å². The summed E-state index contributed by atoms with van der Waals surface area (Å²) in [5, 5.41) is 11.7. The number of rotatable bonds is 6. The molecule has 15 heavy (non-hydrogen) atoms. The monoisotopic (exact) mass is 210 g/mol. The van der Waals surface area contributed by atoms with Gasteiger partial charge in [0.15, 0.2) is 0 Å². The molecule has 0 saturated carbocycles. The Bertz CT molecular complexity index is 209. The zero-order valence-corrected chi connectivity index (χ0v) is 9.87. The van der Waals surface area contributed by atoms with Crippen LogP contribution in [0, 0.1) is 11.3 Å². The van der Waals surface area contributed by atoms with E-state index in [2.05, 4.69) is 35.3 Å². The van der Waals surface area contributed by atoms with E-state index in [9.17, 15) is 0 Å². The van der Waals surface area contributed by atoms with Crippen LogP contribution in [0.1, 0.15) is 12.8 Å². The minimum Gasteiger partial charge on any atom is -0.309 e. The molecule has 4 nitrogen and oxygen atoms in total. The molecule has 0 aromatic heterocycles. The predicted octanol–water partition coefficient (Wildman–Crippen LogP) is 0.126. The Balaban J connectivity index is 2.06. The molecule has 1 aliphatic rings. The lowest BCUT2D eigenvalue weighted by molar-refractivity contribution is 0.297. The third kappa shape index (κ3) is 5.12. The van der Waals surface area contributed by atoms with Crippen molar-refractivity contribution in [3.63, 3.8) is 0 Å². The third-order valence-electron chi connectivity index (χ3n) is 2.82. The summed E-state index contributed by atoms with van der Waals surface area (Å²) in [7, 11) is 4.22. The number of nitrogens with zero attached hydrogens (tertiary/aromatic N) is 3. The SMILES string of the molecule is CN(C)CCCN1CCC(NCC#N)C1. The first-order valence-corrected chi connectivity index (χ1v) is 5.70. The molecule has 0 aromatic carbocycles. The molecule has 0 amide bonds. The minimum absolute atomic E-state index is 0.482. The number of likely N-dealkylation sites (tertiary alicyclic amines) is 1. The van der Waals surface area contributed by atoms with Gasteiger partial charge in [-0.25, -0.2) is 0 Å². The van der Waals surface area contributed by atoms with Gasteiger partial charge >= 0.3 is 0 Å². The summed E-state index contributed by atoms with van der Waals surface area (Å²) >= 11 is 0. The van der Waals surface area contributed by atoms with Gasteiger partial charge in [0, 0.05) is 12.6 Å². The molecule has 1 aliphatic heterocycles. The molecular formula is C11H22N4. The van der Waals surface area contributed by atoms with E-state index in [0.717, 1.165) is 13.1 Å². The van der Waals surface area contributed by atoms with Crippen molar-refractivity contribution < 1.29 is 0 Å². The smallest absolute Gasteiger partial charge is 0.0843 e. The zero-order valence-electron chi connectivity index (χ0n) is 9.87. The quantitative estimate of drug-likeness (QED) is 0.633. The van der Waals surface area contributed by atoms with E-state index in [-0.39, 0.29) is 0 Å². The van der Waals surface area contributed by atoms with Crippen LogP contribution in [0.25, 0.3) is 0 Å². The maximum Gasteiger partial charge on any atom is 0.0843 e. The zero-order chi connectivity index (χ0) is 11.1. The fourth-order valence-corrected chi connectivity index (χ4v) is 2.00. The lowest BCUT2D eigenvalue weighted by Crippen LogP contribution is -2.33. The van der Waals surface area contributed by atoms with Gasteiger partial charge in [0.25, 0.3) is 0 Å². The summed E-state index contributed by atoms with van der Waals surface area (Å²) in [6.45, 7) is 5.11. The Kier molecular flexibility index (Phi) is 5.62. The van der Waals surface area contributed by atoms with Gasteiger partial charge in [-0.05, 0) is 46.6 Å². The van der Waals surface area contributed by atoms with Gasteiger partial charge in [-0.2, -0.15) is 5.26 Å². The third-order valence-corrected chi connectivity index (χ3v) is 2.82. The summed E-state index contributed by atoms with van der Waals surface area (Å²) in [5.41, 5.74) is 0. The Hall–Kier alpha value is -0.630. The van der Waals surface area contributed by atoms with Crippen LogP contribution in [-0.4, -0.2) is 62.7 Å². The molecule has 0 radical (unpaired) electrons. The van der Waals surface area contributed by atoms with Crippen molar-refractivity contribution in [3.8, 4) is 6.07 Å². The first-order valence-electron chi connectivity index (χ1n) is 5.70. The van der Waals surface area contributed by atoms with Crippen LogP contribution in [0.4, 0.5) is 0 Å². The molecule has 1 saturated heterocycles. The first-order chi connectivity index (χ1) is 7.22. The van der Waals surface area contributed by atoms with E-state index >= 15 is 0 Å². The second-order valence-electron chi connectivity index (χ2n) is 4.48. The van der Waals surface area contributed by atoms with Gasteiger partial charge in [-0.1, -0.05) is 0 Å². The standard InChI is InChI=1S/C11H22N4/c1-14(2)7-3-8-15-9-4-11(10-15)13-6-5-12/h11,13H,3-4,6-10H2,1-2H3. The molecule has 0 aliphatic carbocycles. The van der Waals surface area contributed by atoms with Crippen molar-refractivity contribution in [1.29, 1.82) is 5.26 Å². The van der Waals surface area contributed by atoms with E-state index in [1.165, 1.54) is 25.9 Å². The summed E-state index contributed by atoms with van der Waals surface area (Å²) in [4.78, 5) is 4.71. The second-order valence-corrected chi connectivity index (χ2v) is 4.48. The second kappa shape index (κ2) is 6.78. The molecule has 0 aromatic rings. The highest BCUT2D eigenvalue weighted by atomic mass is 15.2. The summed E-state index contributed by atoms with van der Waals surface area (Å²) < 4.78 is 0. The van der Waals surface area contributed by atoms with E-state index in [0.29, 0.717) is 12.6 Å². The van der Waals surface area contributed by atoms with Crippen LogP contribution in [0.3, 0.4) is 0 Å². The maximum absolute atomic E-state index is 8.46. The van der Waals surface area contributed by atoms with Crippen LogP contribution in [0.2, 0.25) is 0 Å². The lowest BCUT2D eigenvalue weighted by atomic mass is 10.3. The lowest BCUT2D eigenvalue weighted by Gasteiger charge is -2.17. The topological polar surface area (TPSA) is 42.3 Å². The fraction of sp³-hybridized carbons (Fsp3) is 0.909. The molecule has 0 spiro atoms. The highest BCUT2D eigenvalue weighted by Gasteiger charge is 2.20. The van der Waals surface area contributed by atoms with Gasteiger partial charge in [-0.3, -0.25) is 0 Å². The van der Waals surface area contributed by atoms with Crippen molar-refractivity contribution in [2.45, 2.75) is 18.9 Å². The van der Waals surface area contributed by atoms with Gasteiger partial charge in [-0.15, -0.1) is 0 Å². The highest BCUT2D eigenvalue weighted by molar-refractivity contribution is 4.84. The van der Waals surface area contributed by atoms with Crippen molar-refractivity contribution in [3.05, 3.63) is 0 Å². The van der Waals surface area contributed by atoms with E-state index in [1.54, 1.807) is 0 Å². The summed E-state index contributed by atoms with van der Waals surface area (Å²) in [6, 6.07) is 2.66. The Labute approximate surface area is 92.8 Å². The van der Waals surface area contributed by atoms with Gasteiger partial charge in [0.2, 0.25) is 0 Å². The Morgan fingerprint density at radius 2 is 2.33 bits per heavy atom. The molecule has 1 fully saturated rings. The molecule has 0 bridgehead atoms. The molecule has 4 heteroatoms. The Morgan fingerprint density at radius 1 is 1.53 bits per heavy atom. The van der Waals surface area contributed by atoms with Crippen molar-refractivity contribution >= 4 is 0 Å². The average molecular weight is 210 g/mol. The molecule has 1 N–H and O–H groups in total. The number of hydrogen-bond donors (Lipinski definition) is 1. The predicted molar refractivity (Wildman–Crippen MR) is 61.6 cm³/mol. The first kappa shape index (κ1) is 12.4. The number of hydrogen-bond acceptors (Lipinski definition) is 4. The number of nitriles is 1. The van der Waals surface area contributed by atoms with Gasteiger partial charge < -0.3 is 15.1 Å². The van der Waals surface area contributed by atoms with Crippen LogP contribution in [0.5, 0.6) is 0 Å². The van der Waals surface area contributed by atoms with Crippen LogP contribution < -0.4 is 5.32 Å². The van der Waals surface area contributed by atoms with Crippen molar-refractivity contribution in [2.75, 3.05) is 46.8 Å². The molecule has 1 atom stereocenters. The van der Waals surface area contributed by atoms with Gasteiger partial charge in [0.1, 0.15) is 0 Å². The minimum atomic E-state index is 0.482. The van der Waals surface area contributed by atoms with Crippen molar-refractivity contribution in [2.24, 2.45) is 0 Å². The molecule has 1 rings (SSSR count). The summed E-state index contributed by atoms with van der Waals surface area (Å²) in [6.07, 6.45) is 2.42. The summed E-state index contributed by atoms with van der Waals surface area (Å²) in [5.74, 6) is 0. The average Bonchev–Trinajstić information content (AvgIpc) is 2.62. The molecule has 1 unspecified atom stereocenters. The van der Waals surface area contributed by atoms with Crippen molar-refractivity contribution in [1.82, 2.24) is 15.1 Å². The van der Waals surface area contributed by atoms with Crippen LogP contribution in [-0.2, 0) is 0 Å². The molecular weight excluding hydrogens is 188 g/mol. The molecule has 86 valence electrons. The van der Waals surface area contributed by atoms with E-state index < -0.39 is 0 Å². The van der Waals surface area contributed by atoms with E-state index in [4.69, 9.17) is 5.26 Å².